The number of amides is 1. The van der Waals surface area contributed by atoms with Crippen LogP contribution in [-0.4, -0.2) is 11.7 Å². The molecule has 1 unspecified atom stereocenters. The van der Waals surface area contributed by atoms with Gasteiger partial charge in [-0.2, -0.15) is 5.26 Å². The van der Waals surface area contributed by atoms with Gasteiger partial charge in [-0.25, -0.2) is 4.79 Å². The highest BCUT2D eigenvalue weighted by atomic mass is 16.6. The smallest absolute Gasteiger partial charge is 0.405 e. The van der Waals surface area contributed by atoms with Gasteiger partial charge >= 0.3 is 6.09 Å². The second-order valence-electron chi connectivity index (χ2n) is 6.75. The second-order valence-corrected chi connectivity index (χ2v) is 6.75. The molecule has 0 heterocycles. The van der Waals surface area contributed by atoms with E-state index in [4.69, 9.17) is 15.7 Å². The summed E-state index contributed by atoms with van der Waals surface area (Å²) in [6, 6.07) is 2.28. The zero-order valence-electron chi connectivity index (χ0n) is 13.0. The van der Waals surface area contributed by atoms with Gasteiger partial charge in [0, 0.05) is 6.42 Å². The lowest BCUT2D eigenvalue weighted by atomic mass is 9.77. The molecule has 4 heteroatoms. The Morgan fingerprint density at radius 3 is 2.40 bits per heavy atom. The van der Waals surface area contributed by atoms with Crippen LogP contribution in [0.25, 0.3) is 0 Å². The van der Waals surface area contributed by atoms with Crippen molar-refractivity contribution in [2.24, 2.45) is 23.5 Å². The molecule has 1 aliphatic rings. The van der Waals surface area contributed by atoms with Gasteiger partial charge < -0.3 is 10.5 Å². The van der Waals surface area contributed by atoms with Crippen LogP contribution < -0.4 is 5.73 Å². The Morgan fingerprint density at radius 2 is 1.90 bits per heavy atom. The maximum Gasteiger partial charge on any atom is 0.405 e. The van der Waals surface area contributed by atoms with Crippen LogP contribution in [0.2, 0.25) is 0 Å². The van der Waals surface area contributed by atoms with Gasteiger partial charge in [0.15, 0.2) is 0 Å². The first-order valence-electron chi connectivity index (χ1n) is 7.70. The van der Waals surface area contributed by atoms with Crippen molar-refractivity contribution in [3.05, 3.63) is 0 Å². The molecule has 0 spiro atoms. The van der Waals surface area contributed by atoms with Crippen LogP contribution in [0.3, 0.4) is 0 Å². The number of carbonyl (C=O) groups is 1. The van der Waals surface area contributed by atoms with E-state index in [9.17, 15) is 4.79 Å². The van der Waals surface area contributed by atoms with Gasteiger partial charge in [0.25, 0.3) is 0 Å². The molecule has 1 fully saturated rings. The van der Waals surface area contributed by atoms with Crippen molar-refractivity contribution in [2.75, 3.05) is 0 Å². The summed E-state index contributed by atoms with van der Waals surface area (Å²) in [5.74, 6) is 1.67. The van der Waals surface area contributed by atoms with E-state index in [0.717, 1.165) is 12.3 Å². The molecule has 0 saturated heterocycles. The van der Waals surface area contributed by atoms with Crippen LogP contribution in [0.5, 0.6) is 0 Å². The molecule has 114 valence electrons. The number of primary amides is 1. The summed E-state index contributed by atoms with van der Waals surface area (Å²) in [7, 11) is 0. The van der Waals surface area contributed by atoms with Crippen LogP contribution in [0.15, 0.2) is 0 Å². The van der Waals surface area contributed by atoms with E-state index >= 15 is 0 Å². The summed E-state index contributed by atoms with van der Waals surface area (Å²) in [6.45, 7) is 5.96. The molecule has 4 nitrogen and oxygen atoms in total. The van der Waals surface area contributed by atoms with Crippen molar-refractivity contribution in [1.82, 2.24) is 0 Å². The molecule has 0 aromatic carbocycles. The second kappa shape index (κ2) is 7.52. The van der Waals surface area contributed by atoms with E-state index in [1.54, 1.807) is 0 Å². The number of carbonyl (C=O) groups excluding carboxylic acids is 1. The van der Waals surface area contributed by atoms with Gasteiger partial charge in [-0.1, -0.05) is 26.2 Å². The highest BCUT2D eigenvalue weighted by molar-refractivity contribution is 5.65. The average molecular weight is 280 g/mol. The molecule has 0 radical (unpaired) electrons. The molecular formula is C16H28N2O2. The van der Waals surface area contributed by atoms with Crippen molar-refractivity contribution >= 4 is 6.09 Å². The molecule has 0 bridgehead atoms. The third-order valence-electron chi connectivity index (χ3n) is 4.90. The van der Waals surface area contributed by atoms with E-state index in [2.05, 4.69) is 13.0 Å². The topological polar surface area (TPSA) is 76.1 Å². The molecule has 1 rings (SSSR count). The summed E-state index contributed by atoms with van der Waals surface area (Å²) < 4.78 is 5.19. The number of nitrogens with zero attached hydrogens (tertiary/aromatic N) is 1. The van der Waals surface area contributed by atoms with Gasteiger partial charge in [-0.3, -0.25) is 0 Å². The monoisotopic (exact) mass is 280 g/mol. The van der Waals surface area contributed by atoms with Crippen molar-refractivity contribution in [3.8, 4) is 6.07 Å². The number of nitriles is 1. The Balaban J connectivity index is 2.30. The van der Waals surface area contributed by atoms with Crippen LogP contribution in [-0.2, 0) is 4.74 Å². The molecule has 1 aliphatic carbocycles. The normalized spacial score (nSPS) is 24.7. The fraction of sp³-hybridized carbons (Fsp3) is 0.875. The van der Waals surface area contributed by atoms with Crippen LogP contribution in [0, 0.1) is 29.1 Å². The Morgan fingerprint density at radius 1 is 1.35 bits per heavy atom. The van der Waals surface area contributed by atoms with Crippen LogP contribution in [0.1, 0.15) is 65.7 Å². The average Bonchev–Trinajstić information content (AvgIpc) is 2.36. The zero-order chi connectivity index (χ0) is 15.2. The van der Waals surface area contributed by atoms with Gasteiger partial charge in [-0.15, -0.1) is 0 Å². The first-order valence-corrected chi connectivity index (χ1v) is 7.70. The zero-order valence-corrected chi connectivity index (χ0v) is 13.0. The summed E-state index contributed by atoms with van der Waals surface area (Å²) in [5.41, 5.74) is 4.62. The predicted octanol–water partition coefficient (Wildman–Crippen LogP) is 4.00. The highest BCUT2D eigenvalue weighted by Gasteiger charge is 2.30. The summed E-state index contributed by atoms with van der Waals surface area (Å²) in [4.78, 5) is 10.9. The molecule has 1 amide bonds. The quantitative estimate of drug-likeness (QED) is 0.799. The third-order valence-corrected chi connectivity index (χ3v) is 4.90. The fourth-order valence-corrected chi connectivity index (χ4v) is 3.05. The Hall–Kier alpha value is -1.24. The van der Waals surface area contributed by atoms with Crippen molar-refractivity contribution in [2.45, 2.75) is 71.3 Å². The van der Waals surface area contributed by atoms with Crippen LogP contribution in [0.4, 0.5) is 4.79 Å². The largest absolute Gasteiger partial charge is 0.443 e. The Bertz CT molecular complexity index is 352. The van der Waals surface area contributed by atoms with E-state index < -0.39 is 11.7 Å². The fourth-order valence-electron chi connectivity index (χ4n) is 3.05. The van der Waals surface area contributed by atoms with Crippen LogP contribution >= 0.6 is 0 Å². The maximum absolute atomic E-state index is 10.9. The lowest BCUT2D eigenvalue weighted by Gasteiger charge is -2.33. The number of hydrogen-bond acceptors (Lipinski definition) is 3. The molecule has 0 aliphatic heterocycles. The minimum absolute atomic E-state index is 0.298. The maximum atomic E-state index is 10.9. The predicted molar refractivity (Wildman–Crippen MR) is 78.8 cm³/mol. The summed E-state index contributed by atoms with van der Waals surface area (Å²) >= 11 is 0. The van der Waals surface area contributed by atoms with Gasteiger partial charge in [0.2, 0.25) is 0 Å². The van der Waals surface area contributed by atoms with Gasteiger partial charge in [0.1, 0.15) is 5.60 Å². The Labute approximate surface area is 122 Å². The number of ether oxygens (including phenoxy) is 1. The van der Waals surface area contributed by atoms with Gasteiger partial charge in [-0.05, 0) is 50.9 Å². The molecule has 0 aromatic rings. The molecule has 2 N–H and O–H groups in total. The van der Waals surface area contributed by atoms with Crippen molar-refractivity contribution < 1.29 is 9.53 Å². The third kappa shape index (κ3) is 5.40. The highest BCUT2D eigenvalue weighted by Crippen LogP contribution is 2.35. The minimum Gasteiger partial charge on any atom is -0.443 e. The summed E-state index contributed by atoms with van der Waals surface area (Å²) in [5, 5.41) is 8.72. The number of nitrogens with two attached hydrogens (primary N) is 1. The first kappa shape index (κ1) is 16.8. The molecule has 1 atom stereocenters. The van der Waals surface area contributed by atoms with E-state index in [-0.39, 0.29) is 0 Å². The Kier molecular flexibility index (Phi) is 6.32. The lowest BCUT2D eigenvalue weighted by Crippen LogP contribution is -2.37. The number of hydrogen-bond donors (Lipinski definition) is 1. The minimum atomic E-state index is -0.695. The first-order chi connectivity index (χ1) is 9.35. The molecule has 1 saturated carbocycles. The lowest BCUT2D eigenvalue weighted by molar-refractivity contribution is -0.000561. The molecular weight excluding hydrogens is 252 g/mol. The van der Waals surface area contributed by atoms with E-state index in [0.29, 0.717) is 18.3 Å². The standard InChI is InChI=1S/C16H28N2O2/c1-12(16(2,3)20-15(18)19)4-5-13-6-8-14(9-7-13)10-11-17/h12-14H,4-10H2,1-3H3,(H2,18,19). The number of rotatable bonds is 6. The van der Waals surface area contributed by atoms with E-state index in [1.165, 1.54) is 32.1 Å². The SMILES string of the molecule is CC(CCC1CCC(CC#N)CC1)C(C)(C)OC(N)=O. The van der Waals surface area contributed by atoms with Crippen molar-refractivity contribution in [3.63, 3.8) is 0 Å². The molecule has 0 aromatic heterocycles. The van der Waals surface area contributed by atoms with E-state index in [1.807, 2.05) is 13.8 Å². The van der Waals surface area contributed by atoms with Gasteiger partial charge in [0.05, 0.1) is 6.07 Å². The summed E-state index contributed by atoms with van der Waals surface area (Å²) in [6.07, 6.45) is 7.08. The van der Waals surface area contributed by atoms with Crippen molar-refractivity contribution in [1.29, 1.82) is 5.26 Å². The molecule has 20 heavy (non-hydrogen) atoms.